The molecule has 1 aliphatic carbocycles. The summed E-state index contributed by atoms with van der Waals surface area (Å²) >= 11 is 0. The average molecular weight is 343 g/mol. The fourth-order valence-electron chi connectivity index (χ4n) is 2.70. The van der Waals surface area contributed by atoms with E-state index in [1.54, 1.807) is 11.8 Å². The first-order valence-corrected chi connectivity index (χ1v) is 7.97. The SMILES string of the molecule is Cc1nc(C(F)(F)F)nc(N2CCNC(C(=O)NC3CC3)C2)c1C. The Hall–Kier alpha value is -1.90. The zero-order chi connectivity index (χ0) is 17.5. The molecule has 1 unspecified atom stereocenters. The van der Waals surface area contributed by atoms with Crippen molar-refractivity contribution in [1.29, 1.82) is 0 Å². The third kappa shape index (κ3) is 3.61. The minimum Gasteiger partial charge on any atom is -0.353 e. The number of nitrogens with zero attached hydrogens (tertiary/aromatic N) is 3. The molecular formula is C15H20F3N5O. The fourth-order valence-corrected chi connectivity index (χ4v) is 2.70. The van der Waals surface area contributed by atoms with Gasteiger partial charge in [-0.25, -0.2) is 9.97 Å². The van der Waals surface area contributed by atoms with Crippen LogP contribution in [0.3, 0.4) is 0 Å². The molecule has 3 rings (SSSR count). The minimum atomic E-state index is -4.59. The number of alkyl halides is 3. The van der Waals surface area contributed by atoms with Crippen molar-refractivity contribution in [3.63, 3.8) is 0 Å². The molecule has 1 saturated carbocycles. The van der Waals surface area contributed by atoms with Gasteiger partial charge in [0.15, 0.2) is 0 Å². The molecule has 0 bridgehead atoms. The van der Waals surface area contributed by atoms with Gasteiger partial charge in [0.1, 0.15) is 11.9 Å². The molecule has 2 fully saturated rings. The van der Waals surface area contributed by atoms with Gasteiger partial charge in [-0.05, 0) is 26.7 Å². The van der Waals surface area contributed by atoms with E-state index in [4.69, 9.17) is 0 Å². The lowest BCUT2D eigenvalue weighted by Crippen LogP contribution is -2.57. The van der Waals surface area contributed by atoms with E-state index in [-0.39, 0.29) is 24.3 Å². The smallest absolute Gasteiger partial charge is 0.353 e. The Labute approximate surface area is 137 Å². The van der Waals surface area contributed by atoms with Crippen LogP contribution in [0.5, 0.6) is 0 Å². The second kappa shape index (κ2) is 6.19. The molecule has 1 aromatic rings. The van der Waals surface area contributed by atoms with Gasteiger partial charge in [-0.3, -0.25) is 4.79 Å². The molecule has 2 N–H and O–H groups in total. The number of amides is 1. The van der Waals surface area contributed by atoms with Crippen molar-refractivity contribution in [1.82, 2.24) is 20.6 Å². The molecule has 1 aliphatic heterocycles. The second-order valence-corrected chi connectivity index (χ2v) is 6.31. The van der Waals surface area contributed by atoms with Crippen molar-refractivity contribution in [2.75, 3.05) is 24.5 Å². The van der Waals surface area contributed by atoms with Gasteiger partial charge in [0.05, 0.1) is 0 Å². The first-order chi connectivity index (χ1) is 11.3. The highest BCUT2D eigenvalue weighted by Gasteiger charge is 2.37. The summed E-state index contributed by atoms with van der Waals surface area (Å²) in [6.07, 6.45) is -2.62. The Morgan fingerprint density at radius 3 is 2.62 bits per heavy atom. The van der Waals surface area contributed by atoms with E-state index < -0.39 is 18.0 Å². The maximum absolute atomic E-state index is 13.0. The van der Waals surface area contributed by atoms with Crippen molar-refractivity contribution >= 4 is 11.7 Å². The normalized spacial score (nSPS) is 21.7. The quantitative estimate of drug-likeness (QED) is 0.862. The van der Waals surface area contributed by atoms with Gasteiger partial charge < -0.3 is 15.5 Å². The highest BCUT2D eigenvalue weighted by molar-refractivity contribution is 5.83. The number of halogens is 3. The molecule has 0 aromatic carbocycles. The van der Waals surface area contributed by atoms with Crippen LogP contribution >= 0.6 is 0 Å². The summed E-state index contributed by atoms with van der Waals surface area (Å²) in [5.74, 6) is -1.000. The lowest BCUT2D eigenvalue weighted by molar-refractivity contribution is -0.145. The summed E-state index contributed by atoms with van der Waals surface area (Å²) in [4.78, 5) is 21.2. The first kappa shape index (κ1) is 16.9. The van der Waals surface area contributed by atoms with Gasteiger partial charge in [0, 0.05) is 36.9 Å². The third-order valence-electron chi connectivity index (χ3n) is 4.33. The summed E-state index contributed by atoms with van der Waals surface area (Å²) in [5, 5.41) is 6.03. The molecule has 2 aliphatic rings. The van der Waals surface area contributed by atoms with Crippen molar-refractivity contribution in [3.05, 3.63) is 17.1 Å². The van der Waals surface area contributed by atoms with Gasteiger partial charge in [-0.1, -0.05) is 0 Å². The van der Waals surface area contributed by atoms with Crippen LogP contribution < -0.4 is 15.5 Å². The van der Waals surface area contributed by atoms with Crippen LogP contribution in [0.2, 0.25) is 0 Å². The summed E-state index contributed by atoms with van der Waals surface area (Å²) in [7, 11) is 0. The largest absolute Gasteiger partial charge is 0.451 e. The Bertz CT molecular complexity index is 645. The molecule has 9 heteroatoms. The number of hydrogen-bond acceptors (Lipinski definition) is 5. The monoisotopic (exact) mass is 343 g/mol. The molecule has 132 valence electrons. The second-order valence-electron chi connectivity index (χ2n) is 6.31. The predicted octanol–water partition coefficient (Wildman–Crippen LogP) is 1.17. The molecule has 1 saturated heterocycles. The Morgan fingerprint density at radius 2 is 2.00 bits per heavy atom. The topological polar surface area (TPSA) is 70.2 Å². The van der Waals surface area contributed by atoms with Crippen molar-refractivity contribution in [3.8, 4) is 0 Å². The molecule has 1 amide bonds. The molecule has 0 radical (unpaired) electrons. The molecule has 24 heavy (non-hydrogen) atoms. The lowest BCUT2D eigenvalue weighted by Gasteiger charge is -2.35. The van der Waals surface area contributed by atoms with Crippen LogP contribution in [0, 0.1) is 13.8 Å². The summed E-state index contributed by atoms with van der Waals surface area (Å²) in [5.41, 5.74) is 0.899. The molecule has 1 atom stereocenters. The molecule has 6 nitrogen and oxygen atoms in total. The predicted molar refractivity (Wildman–Crippen MR) is 81.7 cm³/mol. The number of rotatable bonds is 3. The van der Waals surface area contributed by atoms with Crippen molar-refractivity contribution < 1.29 is 18.0 Å². The van der Waals surface area contributed by atoms with Crippen LogP contribution in [0.1, 0.15) is 29.9 Å². The maximum atomic E-state index is 13.0. The minimum absolute atomic E-state index is 0.110. The van der Waals surface area contributed by atoms with Crippen molar-refractivity contribution in [2.45, 2.75) is 44.9 Å². The third-order valence-corrected chi connectivity index (χ3v) is 4.33. The van der Waals surface area contributed by atoms with Crippen LogP contribution in [-0.2, 0) is 11.0 Å². The zero-order valence-electron chi connectivity index (χ0n) is 13.6. The Kier molecular flexibility index (Phi) is 4.37. The number of anilines is 1. The number of nitrogens with one attached hydrogen (secondary N) is 2. The first-order valence-electron chi connectivity index (χ1n) is 7.97. The van der Waals surface area contributed by atoms with E-state index in [0.29, 0.717) is 24.3 Å². The summed E-state index contributed by atoms with van der Waals surface area (Å²) in [6.45, 7) is 4.52. The molecule has 0 spiro atoms. The number of carbonyl (C=O) groups is 1. The molecular weight excluding hydrogens is 323 g/mol. The summed E-state index contributed by atoms with van der Waals surface area (Å²) in [6, 6.07) is -0.210. The van der Waals surface area contributed by atoms with Gasteiger partial charge in [-0.15, -0.1) is 0 Å². The van der Waals surface area contributed by atoms with Crippen LogP contribution in [0.4, 0.5) is 19.0 Å². The van der Waals surface area contributed by atoms with Crippen LogP contribution in [0.15, 0.2) is 0 Å². The molecule has 1 aromatic heterocycles. The fraction of sp³-hybridized carbons (Fsp3) is 0.667. The number of aromatic nitrogens is 2. The molecule has 2 heterocycles. The average Bonchev–Trinajstić information content (AvgIpc) is 3.33. The lowest BCUT2D eigenvalue weighted by atomic mass is 10.1. The van der Waals surface area contributed by atoms with Crippen LogP contribution in [-0.4, -0.2) is 47.6 Å². The Morgan fingerprint density at radius 1 is 1.29 bits per heavy atom. The van der Waals surface area contributed by atoms with E-state index in [1.807, 2.05) is 0 Å². The van der Waals surface area contributed by atoms with E-state index in [9.17, 15) is 18.0 Å². The zero-order valence-corrected chi connectivity index (χ0v) is 13.6. The van der Waals surface area contributed by atoms with Gasteiger partial charge in [0.25, 0.3) is 0 Å². The van der Waals surface area contributed by atoms with E-state index in [1.165, 1.54) is 6.92 Å². The highest BCUT2D eigenvalue weighted by atomic mass is 19.4. The number of carbonyl (C=O) groups excluding carboxylic acids is 1. The van der Waals surface area contributed by atoms with Gasteiger partial charge in [0.2, 0.25) is 11.7 Å². The number of piperazine rings is 1. The Balaban J connectivity index is 1.82. The van der Waals surface area contributed by atoms with E-state index in [0.717, 1.165) is 12.8 Å². The van der Waals surface area contributed by atoms with E-state index >= 15 is 0 Å². The van der Waals surface area contributed by atoms with Crippen molar-refractivity contribution in [2.24, 2.45) is 0 Å². The highest BCUT2D eigenvalue weighted by Crippen LogP contribution is 2.30. The number of hydrogen-bond donors (Lipinski definition) is 2. The summed E-state index contributed by atoms with van der Waals surface area (Å²) < 4.78 is 38.9. The van der Waals surface area contributed by atoms with Gasteiger partial charge in [-0.2, -0.15) is 13.2 Å². The van der Waals surface area contributed by atoms with Gasteiger partial charge >= 0.3 is 6.18 Å². The number of aryl methyl sites for hydroxylation is 1. The van der Waals surface area contributed by atoms with Crippen LogP contribution in [0.25, 0.3) is 0 Å². The standard InChI is InChI=1S/C15H20F3N5O/c1-8-9(2)20-14(15(16,17)18)22-12(8)23-6-5-19-11(7-23)13(24)21-10-3-4-10/h10-11,19H,3-7H2,1-2H3,(H,21,24). The van der Waals surface area contributed by atoms with E-state index in [2.05, 4.69) is 20.6 Å². The maximum Gasteiger partial charge on any atom is 0.451 e.